The molecule has 0 bridgehead atoms. The third-order valence-electron chi connectivity index (χ3n) is 3.56. The van der Waals surface area contributed by atoms with Gasteiger partial charge in [-0.1, -0.05) is 18.2 Å². The maximum absolute atomic E-state index is 12.3. The fraction of sp³-hybridized carbons (Fsp3) is 0.500. The molecule has 18 heavy (non-hydrogen) atoms. The Labute approximate surface area is 108 Å². The Morgan fingerprint density at radius 2 is 2.11 bits per heavy atom. The molecule has 4 heteroatoms. The van der Waals surface area contributed by atoms with E-state index >= 15 is 0 Å². The number of nitrogens with zero attached hydrogens (tertiary/aromatic N) is 1. The van der Waals surface area contributed by atoms with E-state index in [4.69, 9.17) is 5.73 Å². The molecular weight excluding hydrogens is 226 g/mol. The number of nitrogens with one attached hydrogen (secondary N) is 1. The minimum absolute atomic E-state index is 0.0381. The smallest absolute Gasteiger partial charge is 0.322 e. The first-order chi connectivity index (χ1) is 8.72. The van der Waals surface area contributed by atoms with Crippen molar-refractivity contribution in [3.05, 3.63) is 30.3 Å². The topological polar surface area (TPSA) is 58.4 Å². The predicted octanol–water partition coefficient (Wildman–Crippen LogP) is 2.42. The lowest BCUT2D eigenvalue weighted by atomic mass is 9.97. The number of para-hydroxylation sites is 1. The van der Waals surface area contributed by atoms with Crippen molar-refractivity contribution in [3.8, 4) is 0 Å². The van der Waals surface area contributed by atoms with Crippen molar-refractivity contribution in [2.75, 3.05) is 11.9 Å². The number of hydrogen-bond acceptors (Lipinski definition) is 2. The highest BCUT2D eigenvalue weighted by molar-refractivity contribution is 5.89. The number of nitrogens with two attached hydrogens (primary N) is 1. The first-order valence-corrected chi connectivity index (χ1v) is 6.57. The lowest BCUT2D eigenvalue weighted by Crippen LogP contribution is -2.53. The normalized spacial score (nSPS) is 23.8. The Hall–Kier alpha value is -1.55. The number of amides is 2. The van der Waals surface area contributed by atoms with Crippen molar-refractivity contribution < 1.29 is 4.79 Å². The molecule has 2 unspecified atom stereocenters. The van der Waals surface area contributed by atoms with E-state index in [1.807, 2.05) is 35.2 Å². The van der Waals surface area contributed by atoms with Crippen LogP contribution in [0, 0.1) is 0 Å². The zero-order valence-corrected chi connectivity index (χ0v) is 10.8. The number of piperidine rings is 1. The van der Waals surface area contributed by atoms with Crippen LogP contribution in [0.1, 0.15) is 26.2 Å². The van der Waals surface area contributed by atoms with Crippen molar-refractivity contribution in [1.29, 1.82) is 0 Å². The van der Waals surface area contributed by atoms with Crippen molar-refractivity contribution >= 4 is 11.7 Å². The molecule has 0 aliphatic carbocycles. The van der Waals surface area contributed by atoms with Crippen LogP contribution >= 0.6 is 0 Å². The molecule has 98 valence electrons. The summed E-state index contributed by atoms with van der Waals surface area (Å²) in [6, 6.07) is 9.93. The predicted molar refractivity (Wildman–Crippen MR) is 73.5 cm³/mol. The molecule has 1 saturated heterocycles. The van der Waals surface area contributed by atoms with Crippen molar-refractivity contribution in [3.63, 3.8) is 0 Å². The van der Waals surface area contributed by atoms with Crippen LogP contribution in [-0.2, 0) is 0 Å². The summed E-state index contributed by atoms with van der Waals surface area (Å²) < 4.78 is 0. The number of hydrogen-bond donors (Lipinski definition) is 2. The third-order valence-corrected chi connectivity index (χ3v) is 3.56. The number of carbonyl (C=O) groups excluding carboxylic acids is 1. The molecule has 1 fully saturated rings. The number of likely N-dealkylation sites (tertiary alicyclic amines) is 1. The molecular formula is C14H21N3O. The standard InChI is InChI=1S/C14H21N3O/c1-11-6-5-9-13(10-15)17(11)14(18)16-12-7-3-2-4-8-12/h2-4,7-8,11,13H,5-6,9-10,15H2,1H3,(H,16,18). The number of anilines is 1. The lowest BCUT2D eigenvalue weighted by Gasteiger charge is -2.40. The van der Waals surface area contributed by atoms with Crippen LogP contribution in [0.15, 0.2) is 30.3 Å². The summed E-state index contributed by atoms with van der Waals surface area (Å²) in [5, 5.41) is 2.94. The van der Waals surface area contributed by atoms with Gasteiger partial charge >= 0.3 is 6.03 Å². The van der Waals surface area contributed by atoms with Gasteiger partial charge in [-0.15, -0.1) is 0 Å². The van der Waals surface area contributed by atoms with Crippen LogP contribution in [-0.4, -0.2) is 29.6 Å². The van der Waals surface area contributed by atoms with Crippen molar-refractivity contribution in [1.82, 2.24) is 4.90 Å². The average molecular weight is 247 g/mol. The summed E-state index contributed by atoms with van der Waals surface area (Å²) in [6.45, 7) is 2.62. The second kappa shape index (κ2) is 5.87. The first kappa shape index (κ1) is 12.9. The van der Waals surface area contributed by atoms with Crippen LogP contribution in [0.5, 0.6) is 0 Å². The van der Waals surface area contributed by atoms with E-state index in [-0.39, 0.29) is 18.1 Å². The molecule has 2 rings (SSSR count). The first-order valence-electron chi connectivity index (χ1n) is 6.57. The largest absolute Gasteiger partial charge is 0.328 e. The molecule has 2 atom stereocenters. The van der Waals surface area contributed by atoms with E-state index in [0.29, 0.717) is 6.54 Å². The van der Waals surface area contributed by atoms with Crippen LogP contribution in [0.3, 0.4) is 0 Å². The summed E-state index contributed by atoms with van der Waals surface area (Å²) >= 11 is 0. The van der Waals surface area contributed by atoms with E-state index in [9.17, 15) is 4.79 Å². The van der Waals surface area contributed by atoms with Crippen LogP contribution in [0.4, 0.5) is 10.5 Å². The van der Waals surface area contributed by atoms with Gasteiger partial charge in [-0.25, -0.2) is 4.79 Å². The highest BCUT2D eigenvalue weighted by atomic mass is 16.2. The Morgan fingerprint density at radius 3 is 2.78 bits per heavy atom. The molecule has 0 radical (unpaired) electrons. The minimum Gasteiger partial charge on any atom is -0.328 e. The lowest BCUT2D eigenvalue weighted by molar-refractivity contribution is 0.128. The number of rotatable bonds is 2. The highest BCUT2D eigenvalue weighted by Gasteiger charge is 2.30. The number of urea groups is 1. The van der Waals surface area contributed by atoms with Gasteiger partial charge in [-0.3, -0.25) is 0 Å². The van der Waals surface area contributed by atoms with Gasteiger partial charge in [0.15, 0.2) is 0 Å². The monoisotopic (exact) mass is 247 g/mol. The summed E-state index contributed by atoms with van der Waals surface area (Å²) in [5.74, 6) is 0. The molecule has 1 aliphatic heterocycles. The molecule has 3 N–H and O–H groups in total. The van der Waals surface area contributed by atoms with Crippen LogP contribution in [0.25, 0.3) is 0 Å². The van der Waals surface area contributed by atoms with Crippen LogP contribution < -0.4 is 11.1 Å². The van der Waals surface area contributed by atoms with Gasteiger partial charge in [0.25, 0.3) is 0 Å². The molecule has 2 amide bonds. The highest BCUT2D eigenvalue weighted by Crippen LogP contribution is 2.23. The molecule has 1 heterocycles. The van der Waals surface area contributed by atoms with Gasteiger partial charge in [0.2, 0.25) is 0 Å². The Balaban J connectivity index is 2.06. The molecule has 0 saturated carbocycles. The Kier molecular flexibility index (Phi) is 4.20. The van der Waals surface area contributed by atoms with Crippen LogP contribution in [0.2, 0.25) is 0 Å². The van der Waals surface area contributed by atoms with Crippen molar-refractivity contribution in [2.24, 2.45) is 5.73 Å². The molecule has 1 aliphatic rings. The molecule has 1 aromatic carbocycles. The molecule has 0 spiro atoms. The van der Waals surface area contributed by atoms with E-state index in [1.165, 1.54) is 0 Å². The van der Waals surface area contributed by atoms with Gasteiger partial charge in [0, 0.05) is 24.3 Å². The third kappa shape index (κ3) is 2.82. The molecule has 0 aromatic heterocycles. The maximum atomic E-state index is 12.3. The summed E-state index contributed by atoms with van der Waals surface area (Å²) in [5.41, 5.74) is 6.60. The zero-order chi connectivity index (χ0) is 13.0. The number of carbonyl (C=O) groups is 1. The minimum atomic E-state index is -0.0381. The van der Waals surface area contributed by atoms with Gasteiger partial charge in [-0.2, -0.15) is 0 Å². The quantitative estimate of drug-likeness (QED) is 0.843. The van der Waals surface area contributed by atoms with E-state index < -0.39 is 0 Å². The average Bonchev–Trinajstić information content (AvgIpc) is 2.39. The van der Waals surface area contributed by atoms with E-state index in [0.717, 1.165) is 24.9 Å². The molecule has 1 aromatic rings. The second-order valence-corrected chi connectivity index (χ2v) is 4.87. The van der Waals surface area contributed by atoms with Gasteiger partial charge < -0.3 is 16.0 Å². The van der Waals surface area contributed by atoms with Gasteiger partial charge in [0.1, 0.15) is 0 Å². The fourth-order valence-electron chi connectivity index (χ4n) is 2.59. The van der Waals surface area contributed by atoms with E-state index in [2.05, 4.69) is 12.2 Å². The summed E-state index contributed by atoms with van der Waals surface area (Å²) in [6.07, 6.45) is 3.21. The molecule has 4 nitrogen and oxygen atoms in total. The Bertz CT molecular complexity index is 393. The maximum Gasteiger partial charge on any atom is 0.322 e. The zero-order valence-electron chi connectivity index (χ0n) is 10.8. The summed E-state index contributed by atoms with van der Waals surface area (Å²) in [4.78, 5) is 14.2. The number of benzene rings is 1. The van der Waals surface area contributed by atoms with Gasteiger partial charge in [0.05, 0.1) is 0 Å². The SMILES string of the molecule is CC1CCCC(CN)N1C(=O)Nc1ccccc1. The Morgan fingerprint density at radius 1 is 1.39 bits per heavy atom. The second-order valence-electron chi connectivity index (χ2n) is 4.87. The van der Waals surface area contributed by atoms with E-state index in [1.54, 1.807) is 0 Å². The van der Waals surface area contributed by atoms with Crippen molar-refractivity contribution in [2.45, 2.75) is 38.3 Å². The fourth-order valence-corrected chi connectivity index (χ4v) is 2.59. The van der Waals surface area contributed by atoms with Gasteiger partial charge in [-0.05, 0) is 38.3 Å². The summed E-state index contributed by atoms with van der Waals surface area (Å²) in [7, 11) is 0.